The molecular weight excluding hydrogens is 316 g/mol. The van der Waals surface area contributed by atoms with E-state index in [1.165, 1.54) is 18.1 Å². The first kappa shape index (κ1) is 17.0. The second-order valence-electron chi connectivity index (χ2n) is 6.17. The van der Waals surface area contributed by atoms with Gasteiger partial charge in [0, 0.05) is 13.5 Å². The van der Waals surface area contributed by atoms with Crippen molar-refractivity contribution in [1.82, 2.24) is 5.32 Å². The number of nitrogens with zero attached hydrogens (tertiary/aromatic N) is 1. The fraction of sp³-hybridized carbons (Fsp3) is 0.300. The Balaban J connectivity index is 1.63. The summed E-state index contributed by atoms with van der Waals surface area (Å²) in [6.07, 6.45) is 0.0636. The molecule has 1 aliphatic heterocycles. The van der Waals surface area contributed by atoms with Gasteiger partial charge in [-0.25, -0.2) is 0 Å². The molecule has 2 aromatic rings. The summed E-state index contributed by atoms with van der Waals surface area (Å²) in [6, 6.07) is 15.4. The number of benzene rings is 2. The molecule has 0 aliphatic carbocycles. The van der Waals surface area contributed by atoms with E-state index in [0.717, 1.165) is 6.42 Å². The molecule has 1 atom stereocenters. The van der Waals surface area contributed by atoms with Crippen LogP contribution in [0, 0.1) is 6.92 Å². The minimum absolute atomic E-state index is 0.103. The van der Waals surface area contributed by atoms with E-state index in [9.17, 15) is 9.59 Å². The Kier molecular flexibility index (Phi) is 5.03. The highest BCUT2D eigenvalue weighted by molar-refractivity contribution is 5.95. The highest BCUT2D eigenvalue weighted by Gasteiger charge is 2.32. The summed E-state index contributed by atoms with van der Waals surface area (Å²) in [5.74, 6) is 0.255. The third-order valence-corrected chi connectivity index (χ3v) is 4.40. The van der Waals surface area contributed by atoms with E-state index >= 15 is 0 Å². The third-order valence-electron chi connectivity index (χ3n) is 4.40. The number of nitrogens with one attached hydrogen (secondary N) is 1. The minimum atomic E-state index is -0.698. The number of carbonyl (C=O) groups excluding carboxylic acids is 2. The van der Waals surface area contributed by atoms with E-state index < -0.39 is 6.10 Å². The molecule has 0 fully saturated rings. The van der Waals surface area contributed by atoms with Crippen LogP contribution in [0.2, 0.25) is 0 Å². The molecule has 1 unspecified atom stereocenters. The van der Waals surface area contributed by atoms with Crippen LogP contribution in [-0.4, -0.2) is 31.0 Å². The lowest BCUT2D eigenvalue weighted by molar-refractivity contribution is -0.128. The van der Waals surface area contributed by atoms with Crippen molar-refractivity contribution in [3.63, 3.8) is 0 Å². The molecule has 2 aromatic carbocycles. The van der Waals surface area contributed by atoms with Crippen molar-refractivity contribution in [2.75, 3.05) is 18.0 Å². The molecular formula is C20H22N2O3. The zero-order valence-electron chi connectivity index (χ0n) is 14.5. The van der Waals surface area contributed by atoms with Crippen molar-refractivity contribution in [3.8, 4) is 5.75 Å². The van der Waals surface area contributed by atoms with Crippen molar-refractivity contribution in [2.45, 2.75) is 26.4 Å². The predicted molar refractivity (Wildman–Crippen MR) is 96.8 cm³/mol. The van der Waals surface area contributed by atoms with Crippen LogP contribution in [0.3, 0.4) is 0 Å². The first-order valence-electron chi connectivity index (χ1n) is 8.42. The average Bonchev–Trinajstić information content (AvgIpc) is 2.62. The number of rotatable bonds is 4. The first-order chi connectivity index (χ1) is 12.1. The molecule has 1 aliphatic rings. The van der Waals surface area contributed by atoms with Gasteiger partial charge in [0.15, 0.2) is 6.10 Å². The van der Waals surface area contributed by atoms with E-state index in [-0.39, 0.29) is 18.4 Å². The summed E-state index contributed by atoms with van der Waals surface area (Å²) in [7, 11) is 0. The molecule has 2 amide bonds. The van der Waals surface area contributed by atoms with Crippen LogP contribution in [0.5, 0.6) is 5.75 Å². The van der Waals surface area contributed by atoms with E-state index in [2.05, 4.69) is 24.4 Å². The summed E-state index contributed by atoms with van der Waals surface area (Å²) in [5.41, 5.74) is 3.13. The lowest BCUT2D eigenvalue weighted by Crippen LogP contribution is -2.50. The number of para-hydroxylation sites is 2. The Labute approximate surface area is 147 Å². The molecule has 0 bridgehead atoms. The number of hydrogen-bond donors (Lipinski definition) is 1. The van der Waals surface area contributed by atoms with E-state index in [4.69, 9.17) is 4.74 Å². The van der Waals surface area contributed by atoms with Gasteiger partial charge in [-0.15, -0.1) is 0 Å². The molecule has 0 spiro atoms. The molecule has 1 heterocycles. The van der Waals surface area contributed by atoms with Crippen molar-refractivity contribution in [1.29, 1.82) is 0 Å². The zero-order chi connectivity index (χ0) is 17.8. The molecule has 5 heteroatoms. The minimum Gasteiger partial charge on any atom is -0.477 e. The van der Waals surface area contributed by atoms with Gasteiger partial charge in [-0.2, -0.15) is 0 Å². The lowest BCUT2D eigenvalue weighted by Gasteiger charge is -2.33. The Hall–Kier alpha value is -2.82. The van der Waals surface area contributed by atoms with E-state index in [1.54, 1.807) is 11.0 Å². The van der Waals surface area contributed by atoms with Gasteiger partial charge < -0.3 is 15.0 Å². The number of aryl methyl sites for hydroxylation is 1. The summed E-state index contributed by atoms with van der Waals surface area (Å²) >= 11 is 0. The van der Waals surface area contributed by atoms with Crippen LogP contribution in [0.4, 0.5) is 5.69 Å². The molecule has 0 aromatic heterocycles. The van der Waals surface area contributed by atoms with Crippen LogP contribution < -0.4 is 15.0 Å². The van der Waals surface area contributed by atoms with Crippen LogP contribution in [0.15, 0.2) is 48.5 Å². The largest absolute Gasteiger partial charge is 0.477 e. The summed E-state index contributed by atoms with van der Waals surface area (Å²) in [6.45, 7) is 4.31. The molecule has 5 nitrogen and oxygen atoms in total. The van der Waals surface area contributed by atoms with Gasteiger partial charge in [0.05, 0.1) is 12.2 Å². The Morgan fingerprint density at radius 1 is 1.16 bits per heavy atom. The second kappa shape index (κ2) is 7.38. The quantitative estimate of drug-likeness (QED) is 0.932. The molecule has 0 saturated heterocycles. The van der Waals surface area contributed by atoms with Gasteiger partial charge in [0.2, 0.25) is 5.91 Å². The molecule has 25 heavy (non-hydrogen) atoms. The van der Waals surface area contributed by atoms with Gasteiger partial charge >= 0.3 is 0 Å². The summed E-state index contributed by atoms with van der Waals surface area (Å²) in [5, 5.41) is 2.92. The SMILES string of the molecule is CC(=O)N1CC(C(=O)NCCc2ccccc2C)Oc2ccccc21. The molecule has 0 radical (unpaired) electrons. The van der Waals surface area contributed by atoms with Crippen LogP contribution in [-0.2, 0) is 16.0 Å². The lowest BCUT2D eigenvalue weighted by atomic mass is 10.1. The molecule has 130 valence electrons. The summed E-state index contributed by atoms with van der Waals surface area (Å²) < 4.78 is 5.79. The maximum absolute atomic E-state index is 12.5. The first-order valence-corrected chi connectivity index (χ1v) is 8.42. The average molecular weight is 338 g/mol. The van der Waals surface area contributed by atoms with Gasteiger partial charge in [-0.05, 0) is 36.6 Å². The number of fused-ring (bicyclic) bond motifs is 1. The highest BCUT2D eigenvalue weighted by atomic mass is 16.5. The standard InChI is InChI=1S/C20H22N2O3/c1-14-7-3-4-8-16(14)11-12-21-20(24)19-13-22(15(2)23)17-9-5-6-10-18(17)25-19/h3-10,19H,11-13H2,1-2H3,(H,21,24). The van der Waals surface area contributed by atoms with Crippen molar-refractivity contribution in [3.05, 3.63) is 59.7 Å². The van der Waals surface area contributed by atoms with Crippen molar-refractivity contribution >= 4 is 17.5 Å². The Morgan fingerprint density at radius 3 is 2.64 bits per heavy atom. The fourth-order valence-electron chi connectivity index (χ4n) is 2.99. The zero-order valence-corrected chi connectivity index (χ0v) is 14.5. The van der Waals surface area contributed by atoms with E-state index in [0.29, 0.717) is 18.0 Å². The number of anilines is 1. The molecule has 1 N–H and O–H groups in total. The smallest absolute Gasteiger partial charge is 0.262 e. The maximum atomic E-state index is 12.5. The number of ether oxygens (including phenoxy) is 1. The highest BCUT2D eigenvalue weighted by Crippen LogP contribution is 2.33. The van der Waals surface area contributed by atoms with Crippen molar-refractivity contribution < 1.29 is 14.3 Å². The number of hydrogen-bond acceptors (Lipinski definition) is 3. The molecule has 3 rings (SSSR count). The van der Waals surface area contributed by atoms with Gasteiger partial charge in [0.25, 0.3) is 5.91 Å². The van der Waals surface area contributed by atoms with E-state index in [1.807, 2.05) is 30.3 Å². The van der Waals surface area contributed by atoms with Gasteiger partial charge in [0.1, 0.15) is 5.75 Å². The van der Waals surface area contributed by atoms with Gasteiger partial charge in [-0.3, -0.25) is 9.59 Å². The topological polar surface area (TPSA) is 58.6 Å². The normalized spacial score (nSPS) is 15.9. The van der Waals surface area contributed by atoms with Gasteiger partial charge in [-0.1, -0.05) is 36.4 Å². The molecule has 0 saturated carbocycles. The van der Waals surface area contributed by atoms with Crippen molar-refractivity contribution in [2.24, 2.45) is 0 Å². The second-order valence-corrected chi connectivity index (χ2v) is 6.17. The van der Waals surface area contributed by atoms with Crippen LogP contribution >= 0.6 is 0 Å². The Morgan fingerprint density at radius 2 is 1.88 bits per heavy atom. The van der Waals surface area contributed by atoms with Crippen LogP contribution in [0.25, 0.3) is 0 Å². The third kappa shape index (κ3) is 3.82. The maximum Gasteiger partial charge on any atom is 0.262 e. The fourth-order valence-corrected chi connectivity index (χ4v) is 2.99. The number of carbonyl (C=O) groups is 2. The van der Waals surface area contributed by atoms with Crippen LogP contribution in [0.1, 0.15) is 18.1 Å². The number of amides is 2. The Bertz CT molecular complexity index is 788. The summed E-state index contributed by atoms with van der Waals surface area (Å²) in [4.78, 5) is 26.0. The predicted octanol–water partition coefficient (Wildman–Crippen LogP) is 2.47. The monoisotopic (exact) mass is 338 g/mol.